The monoisotopic (exact) mass is 331 g/mol. The summed E-state index contributed by atoms with van der Waals surface area (Å²) in [4.78, 5) is 16.8. The lowest BCUT2D eigenvalue weighted by Gasteiger charge is -2.39. The van der Waals surface area contributed by atoms with Crippen LogP contribution >= 0.6 is 0 Å². The summed E-state index contributed by atoms with van der Waals surface area (Å²) in [5.74, 6) is 0.342. The fourth-order valence-corrected chi connectivity index (χ4v) is 3.91. The molecule has 5 heteroatoms. The number of nitrogens with zero attached hydrogens (tertiary/aromatic N) is 2. The molecule has 2 saturated heterocycles. The Kier molecular flexibility index (Phi) is 5.61. The van der Waals surface area contributed by atoms with Crippen LogP contribution in [0, 0.1) is 5.92 Å². The number of urea groups is 1. The topological polar surface area (TPSA) is 55.8 Å². The molecule has 0 radical (unpaired) electrons. The van der Waals surface area contributed by atoms with Crippen LogP contribution < -0.4 is 10.2 Å². The Morgan fingerprint density at radius 1 is 1.21 bits per heavy atom. The van der Waals surface area contributed by atoms with E-state index < -0.39 is 0 Å². The lowest BCUT2D eigenvalue weighted by molar-refractivity contribution is 0.0811. The molecule has 3 rings (SSSR count). The zero-order valence-electron chi connectivity index (χ0n) is 14.6. The van der Waals surface area contributed by atoms with Gasteiger partial charge in [-0.1, -0.05) is 13.0 Å². The summed E-state index contributed by atoms with van der Waals surface area (Å²) in [6, 6.07) is 7.93. The number of carbonyl (C=O) groups excluding carboxylic acids is 1. The molecule has 2 heterocycles. The first-order valence-electron chi connectivity index (χ1n) is 9.22. The third-order valence-electron chi connectivity index (χ3n) is 5.38. The fraction of sp³-hybridized carbons (Fsp3) is 0.632. The number of piperidine rings is 2. The first kappa shape index (κ1) is 17.1. The van der Waals surface area contributed by atoms with Gasteiger partial charge < -0.3 is 20.2 Å². The molecule has 2 aliphatic rings. The van der Waals surface area contributed by atoms with E-state index in [1.807, 2.05) is 12.1 Å². The summed E-state index contributed by atoms with van der Waals surface area (Å²) in [7, 11) is 0. The highest BCUT2D eigenvalue weighted by Gasteiger charge is 2.31. The molecule has 0 bridgehead atoms. The maximum atomic E-state index is 12.7. The van der Waals surface area contributed by atoms with Crippen molar-refractivity contribution in [2.45, 2.75) is 45.1 Å². The molecular formula is C19H29N3O2. The van der Waals surface area contributed by atoms with Crippen LogP contribution in [-0.2, 0) is 0 Å². The van der Waals surface area contributed by atoms with Crippen molar-refractivity contribution in [2.24, 2.45) is 5.92 Å². The van der Waals surface area contributed by atoms with Gasteiger partial charge in [0.1, 0.15) is 0 Å². The highest BCUT2D eigenvalue weighted by atomic mass is 16.3. The first-order chi connectivity index (χ1) is 11.7. The number of hydrogen-bond acceptors (Lipinski definition) is 3. The lowest BCUT2D eigenvalue weighted by atomic mass is 9.91. The second-order valence-electron chi connectivity index (χ2n) is 7.09. The second-order valence-corrected chi connectivity index (χ2v) is 7.09. The van der Waals surface area contributed by atoms with E-state index in [0.29, 0.717) is 12.5 Å². The Labute approximate surface area is 144 Å². The summed E-state index contributed by atoms with van der Waals surface area (Å²) < 4.78 is 0. The number of hydrogen-bond donors (Lipinski definition) is 2. The van der Waals surface area contributed by atoms with Crippen molar-refractivity contribution in [1.82, 2.24) is 4.90 Å². The Bertz CT molecular complexity index is 557. The number of aliphatic hydroxyl groups excluding tert-OH is 1. The van der Waals surface area contributed by atoms with Crippen LogP contribution in [0.15, 0.2) is 24.3 Å². The number of anilines is 2. The van der Waals surface area contributed by atoms with Crippen LogP contribution in [0.4, 0.5) is 16.2 Å². The molecule has 0 aliphatic carbocycles. The van der Waals surface area contributed by atoms with Gasteiger partial charge in [0.05, 0.1) is 12.6 Å². The van der Waals surface area contributed by atoms with Crippen LogP contribution in [-0.4, -0.2) is 48.3 Å². The number of rotatable bonds is 3. The molecule has 132 valence electrons. The average Bonchev–Trinajstić information content (AvgIpc) is 2.62. The summed E-state index contributed by atoms with van der Waals surface area (Å²) >= 11 is 0. The van der Waals surface area contributed by atoms with Gasteiger partial charge in [0.25, 0.3) is 0 Å². The third-order valence-corrected chi connectivity index (χ3v) is 5.38. The second kappa shape index (κ2) is 7.88. The van der Waals surface area contributed by atoms with Gasteiger partial charge in [-0.25, -0.2) is 4.79 Å². The van der Waals surface area contributed by atoms with Crippen molar-refractivity contribution < 1.29 is 9.90 Å². The van der Waals surface area contributed by atoms with Gasteiger partial charge in [-0.3, -0.25) is 0 Å². The standard InChI is InChI=1S/C19H29N3O2/c1-15-7-6-12-22(18(15)14-23)19(24)20-16-8-5-9-17(13-16)21-10-3-2-4-11-21/h5,8-9,13,15,18,23H,2-4,6-7,10-12,14H2,1H3,(H,20,24). The van der Waals surface area contributed by atoms with Crippen molar-refractivity contribution in [2.75, 3.05) is 36.5 Å². The SMILES string of the molecule is CC1CCCN(C(=O)Nc2cccc(N3CCCCC3)c2)C1CO. The molecule has 2 amide bonds. The number of carbonyl (C=O) groups is 1. The van der Waals surface area contributed by atoms with Crippen molar-refractivity contribution in [1.29, 1.82) is 0 Å². The van der Waals surface area contributed by atoms with Crippen LogP contribution in [0.5, 0.6) is 0 Å². The van der Waals surface area contributed by atoms with Crippen LogP contribution in [0.3, 0.4) is 0 Å². The molecule has 5 nitrogen and oxygen atoms in total. The van der Waals surface area contributed by atoms with Gasteiger partial charge in [0.2, 0.25) is 0 Å². The molecule has 1 aromatic rings. The molecule has 2 unspecified atom stereocenters. The van der Waals surface area contributed by atoms with Crippen molar-refractivity contribution >= 4 is 17.4 Å². The predicted molar refractivity (Wildman–Crippen MR) is 97.5 cm³/mol. The molecule has 0 saturated carbocycles. The van der Waals surface area contributed by atoms with E-state index in [4.69, 9.17) is 0 Å². The third kappa shape index (κ3) is 3.83. The van der Waals surface area contributed by atoms with Gasteiger partial charge in [0.15, 0.2) is 0 Å². The van der Waals surface area contributed by atoms with E-state index in [2.05, 4.69) is 29.3 Å². The number of nitrogens with one attached hydrogen (secondary N) is 1. The molecule has 2 aliphatic heterocycles. The van der Waals surface area contributed by atoms with Crippen LogP contribution in [0.1, 0.15) is 39.0 Å². The molecule has 2 fully saturated rings. The Morgan fingerprint density at radius 2 is 2.00 bits per heavy atom. The Hall–Kier alpha value is -1.75. The van der Waals surface area contributed by atoms with Gasteiger partial charge in [-0.2, -0.15) is 0 Å². The van der Waals surface area contributed by atoms with Crippen LogP contribution in [0.2, 0.25) is 0 Å². The number of likely N-dealkylation sites (tertiary alicyclic amines) is 1. The van der Waals surface area contributed by atoms with Crippen molar-refractivity contribution in [3.05, 3.63) is 24.3 Å². The largest absolute Gasteiger partial charge is 0.394 e. The maximum Gasteiger partial charge on any atom is 0.322 e. The highest BCUT2D eigenvalue weighted by molar-refractivity contribution is 5.90. The fourth-order valence-electron chi connectivity index (χ4n) is 3.91. The van der Waals surface area contributed by atoms with Gasteiger partial charge in [-0.15, -0.1) is 0 Å². The summed E-state index contributed by atoms with van der Waals surface area (Å²) in [5.41, 5.74) is 2.01. The number of benzene rings is 1. The highest BCUT2D eigenvalue weighted by Crippen LogP contribution is 2.26. The van der Waals surface area contributed by atoms with Crippen molar-refractivity contribution in [3.8, 4) is 0 Å². The quantitative estimate of drug-likeness (QED) is 0.893. The molecule has 2 atom stereocenters. The zero-order chi connectivity index (χ0) is 16.9. The molecule has 24 heavy (non-hydrogen) atoms. The van der Waals surface area contributed by atoms with Crippen LogP contribution in [0.25, 0.3) is 0 Å². The summed E-state index contributed by atoms with van der Waals surface area (Å²) in [5, 5.41) is 12.7. The minimum absolute atomic E-state index is 0.0302. The lowest BCUT2D eigenvalue weighted by Crippen LogP contribution is -2.51. The minimum Gasteiger partial charge on any atom is -0.394 e. The molecule has 1 aromatic carbocycles. The van der Waals surface area contributed by atoms with E-state index in [-0.39, 0.29) is 18.7 Å². The first-order valence-corrected chi connectivity index (χ1v) is 9.22. The smallest absolute Gasteiger partial charge is 0.322 e. The molecule has 0 spiro atoms. The van der Waals surface area contributed by atoms with E-state index in [0.717, 1.165) is 31.6 Å². The summed E-state index contributed by atoms with van der Waals surface area (Å²) in [6.07, 6.45) is 5.85. The van der Waals surface area contributed by atoms with E-state index in [1.165, 1.54) is 24.9 Å². The van der Waals surface area contributed by atoms with E-state index in [9.17, 15) is 9.90 Å². The van der Waals surface area contributed by atoms with E-state index >= 15 is 0 Å². The Morgan fingerprint density at radius 3 is 2.75 bits per heavy atom. The average molecular weight is 331 g/mol. The van der Waals surface area contributed by atoms with Gasteiger partial charge in [0, 0.05) is 31.0 Å². The van der Waals surface area contributed by atoms with Gasteiger partial charge in [-0.05, 0) is 56.2 Å². The van der Waals surface area contributed by atoms with E-state index in [1.54, 1.807) is 4.90 Å². The molecular weight excluding hydrogens is 302 g/mol. The number of aliphatic hydroxyl groups is 1. The van der Waals surface area contributed by atoms with Crippen molar-refractivity contribution in [3.63, 3.8) is 0 Å². The van der Waals surface area contributed by atoms with Gasteiger partial charge >= 0.3 is 6.03 Å². The predicted octanol–water partition coefficient (Wildman–Crippen LogP) is 3.30. The molecule has 2 N–H and O–H groups in total. The zero-order valence-corrected chi connectivity index (χ0v) is 14.6. The maximum absolute atomic E-state index is 12.7. The normalized spacial score (nSPS) is 24.8. The summed E-state index contributed by atoms with van der Waals surface area (Å²) in [6.45, 7) is 5.04. The Balaban J connectivity index is 1.67. The number of amides is 2. The minimum atomic E-state index is -0.101. The molecule has 0 aromatic heterocycles.